The Morgan fingerprint density at radius 1 is 0.528 bits per heavy atom. The van der Waals surface area contributed by atoms with Gasteiger partial charge >= 0.3 is 0 Å². The molecule has 2 aromatic heterocycles. The van der Waals surface area contributed by atoms with Crippen LogP contribution in [-0.4, -0.2) is 20.2 Å². The molecule has 0 radical (unpaired) electrons. The van der Waals surface area contributed by atoms with E-state index in [1.54, 1.807) is 22.7 Å². The van der Waals surface area contributed by atoms with Crippen LogP contribution < -0.4 is 0 Å². The fraction of sp³-hybridized carbons (Fsp3) is 0. The van der Waals surface area contributed by atoms with Crippen molar-refractivity contribution in [3.8, 4) is 32.6 Å². The zero-order chi connectivity index (χ0) is 25.4. The molecule has 0 atom stereocenters. The van der Waals surface area contributed by atoms with E-state index in [0.29, 0.717) is 17.9 Å². The first-order chi connectivity index (χ1) is 17.3. The summed E-state index contributed by atoms with van der Waals surface area (Å²) >= 11 is 16.6. The van der Waals surface area contributed by atoms with E-state index in [0.717, 1.165) is 41.6 Å². The number of hydrogen-bond donors (Lipinski definition) is 2. The van der Waals surface area contributed by atoms with Crippen molar-refractivity contribution in [1.82, 2.24) is 9.97 Å². The van der Waals surface area contributed by atoms with Crippen LogP contribution in [0.25, 0.3) is 41.6 Å². The summed E-state index contributed by atoms with van der Waals surface area (Å²) in [6, 6.07) is 23.6. The van der Waals surface area contributed by atoms with Gasteiger partial charge in [0.1, 0.15) is 21.5 Å². The molecule has 4 nitrogen and oxygen atoms in total. The molecule has 0 aliphatic rings. The maximum atomic E-state index is 9.71. The van der Waals surface area contributed by atoms with Crippen LogP contribution in [0.15, 0.2) is 90.7 Å². The molecule has 6 aromatic rings. The normalized spacial score (nSPS) is 11.0. The largest absolute Gasteiger partial charge is 0.506 e. The minimum absolute atomic E-state index is 0.208. The van der Waals surface area contributed by atoms with Gasteiger partial charge in [-0.2, -0.15) is 0 Å². The molecular weight excluding hydrogens is 756 g/mol. The standard InChI is InChI=1S/2C13H7Br2NOS/c2*14-8-5-7(6-9(15)12(8)17)13-16-10-3-1-2-4-11(10)18-13/h2*1-6,17H. The van der Waals surface area contributed by atoms with E-state index >= 15 is 0 Å². The minimum Gasteiger partial charge on any atom is -0.506 e. The molecule has 6 rings (SSSR count). The first kappa shape index (κ1) is 25.8. The average Bonchev–Trinajstić information content (AvgIpc) is 3.50. The SMILES string of the molecule is Oc1c(Br)cc(-c2nc3ccccc3s2)cc1Br.Oc1c(Br)cc(-c2nc3ccccc3s2)cc1Br. The van der Waals surface area contributed by atoms with Crippen molar-refractivity contribution < 1.29 is 10.2 Å². The van der Waals surface area contributed by atoms with Crippen molar-refractivity contribution in [3.63, 3.8) is 0 Å². The van der Waals surface area contributed by atoms with Crippen LogP contribution in [-0.2, 0) is 0 Å². The van der Waals surface area contributed by atoms with E-state index in [2.05, 4.69) is 85.8 Å². The summed E-state index contributed by atoms with van der Waals surface area (Å²) < 4.78 is 4.95. The quantitative estimate of drug-likeness (QED) is 0.184. The highest BCUT2D eigenvalue weighted by molar-refractivity contribution is 9.11. The van der Waals surface area contributed by atoms with Crippen molar-refractivity contribution in [2.75, 3.05) is 0 Å². The molecule has 0 bridgehead atoms. The lowest BCUT2D eigenvalue weighted by Gasteiger charge is -2.03. The smallest absolute Gasteiger partial charge is 0.143 e. The number of rotatable bonds is 2. The van der Waals surface area contributed by atoms with E-state index in [1.807, 2.05) is 60.7 Å². The number of hydrogen-bond acceptors (Lipinski definition) is 6. The third-order valence-corrected chi connectivity index (χ3v) is 9.70. The maximum absolute atomic E-state index is 9.71. The van der Waals surface area contributed by atoms with Crippen molar-refractivity contribution in [1.29, 1.82) is 0 Å². The Labute approximate surface area is 248 Å². The summed E-state index contributed by atoms with van der Waals surface area (Å²) in [6.07, 6.45) is 0. The van der Waals surface area contributed by atoms with Gasteiger partial charge in [0.05, 0.1) is 38.3 Å². The van der Waals surface area contributed by atoms with Gasteiger partial charge in [-0.15, -0.1) is 22.7 Å². The number of phenolic OH excluding ortho intramolecular Hbond substituents is 2. The summed E-state index contributed by atoms with van der Waals surface area (Å²) in [5, 5.41) is 21.3. The highest BCUT2D eigenvalue weighted by Crippen LogP contribution is 2.40. The first-order valence-corrected chi connectivity index (χ1v) is 15.2. The zero-order valence-electron chi connectivity index (χ0n) is 18.0. The molecule has 0 aliphatic heterocycles. The number of para-hydroxylation sites is 2. The van der Waals surface area contributed by atoms with Gasteiger partial charge in [0.2, 0.25) is 0 Å². The second kappa shape index (κ2) is 10.9. The van der Waals surface area contributed by atoms with Gasteiger partial charge in [0, 0.05) is 11.1 Å². The number of phenols is 2. The van der Waals surface area contributed by atoms with Crippen LogP contribution in [0.2, 0.25) is 0 Å². The van der Waals surface area contributed by atoms with Gasteiger partial charge in [0.25, 0.3) is 0 Å². The summed E-state index contributed by atoms with van der Waals surface area (Å²) in [4.78, 5) is 9.18. The van der Waals surface area contributed by atoms with Crippen molar-refractivity contribution >= 4 is 107 Å². The van der Waals surface area contributed by atoms with E-state index in [4.69, 9.17) is 0 Å². The molecule has 2 heterocycles. The number of fused-ring (bicyclic) bond motifs is 2. The second-order valence-corrected chi connectivity index (χ2v) is 13.0. The van der Waals surface area contributed by atoms with Gasteiger partial charge in [-0.3, -0.25) is 0 Å². The molecule has 4 aromatic carbocycles. The van der Waals surface area contributed by atoms with Crippen LogP contribution in [0, 0.1) is 0 Å². The van der Waals surface area contributed by atoms with Gasteiger partial charge in [0.15, 0.2) is 0 Å². The fourth-order valence-electron chi connectivity index (χ4n) is 3.37. The molecule has 0 amide bonds. The van der Waals surface area contributed by atoms with Crippen LogP contribution in [0.3, 0.4) is 0 Å². The lowest BCUT2D eigenvalue weighted by molar-refractivity contribution is 0.468. The van der Waals surface area contributed by atoms with Crippen molar-refractivity contribution in [3.05, 3.63) is 90.7 Å². The lowest BCUT2D eigenvalue weighted by Crippen LogP contribution is -1.79. The van der Waals surface area contributed by atoms with E-state index in [1.165, 1.54) is 0 Å². The number of aromatic hydroxyl groups is 2. The number of benzene rings is 4. The number of halogens is 4. The maximum Gasteiger partial charge on any atom is 0.143 e. The number of thiazole rings is 2. The Balaban J connectivity index is 0.000000148. The van der Waals surface area contributed by atoms with Crippen LogP contribution in [0.4, 0.5) is 0 Å². The van der Waals surface area contributed by atoms with Gasteiger partial charge in [-0.05, 0) is 112 Å². The fourth-order valence-corrected chi connectivity index (χ4v) is 7.65. The molecule has 0 fully saturated rings. The highest BCUT2D eigenvalue weighted by Gasteiger charge is 2.12. The topological polar surface area (TPSA) is 66.2 Å². The third kappa shape index (κ3) is 5.39. The van der Waals surface area contributed by atoms with Gasteiger partial charge < -0.3 is 10.2 Å². The summed E-state index contributed by atoms with van der Waals surface area (Å²) in [6.45, 7) is 0. The minimum atomic E-state index is 0.208. The molecule has 0 saturated carbocycles. The summed E-state index contributed by atoms with van der Waals surface area (Å²) in [7, 11) is 0. The molecule has 0 spiro atoms. The molecule has 2 N–H and O–H groups in total. The van der Waals surface area contributed by atoms with E-state index in [-0.39, 0.29) is 11.5 Å². The van der Waals surface area contributed by atoms with Gasteiger partial charge in [-0.1, -0.05) is 24.3 Å². The van der Waals surface area contributed by atoms with E-state index in [9.17, 15) is 10.2 Å². The van der Waals surface area contributed by atoms with E-state index < -0.39 is 0 Å². The third-order valence-electron chi connectivity index (χ3n) is 5.12. The number of nitrogens with zero attached hydrogens (tertiary/aromatic N) is 2. The predicted molar refractivity (Wildman–Crippen MR) is 164 cm³/mol. The van der Waals surface area contributed by atoms with Gasteiger partial charge in [-0.25, -0.2) is 9.97 Å². The Morgan fingerprint density at radius 3 is 1.19 bits per heavy atom. The summed E-state index contributed by atoms with van der Waals surface area (Å²) in [5.74, 6) is 0.416. The Kier molecular flexibility index (Phi) is 7.81. The van der Waals surface area contributed by atoms with Crippen LogP contribution >= 0.6 is 86.4 Å². The Hall–Kier alpha value is -1.82. The van der Waals surface area contributed by atoms with Crippen LogP contribution in [0.5, 0.6) is 11.5 Å². The molecule has 180 valence electrons. The average molecular weight is 770 g/mol. The molecule has 0 saturated heterocycles. The van der Waals surface area contributed by atoms with Crippen molar-refractivity contribution in [2.24, 2.45) is 0 Å². The molecular formula is C26H14Br4N2O2S2. The number of aromatic nitrogens is 2. The molecule has 0 unspecified atom stereocenters. The van der Waals surface area contributed by atoms with Crippen LogP contribution in [0.1, 0.15) is 0 Å². The highest BCUT2D eigenvalue weighted by atomic mass is 79.9. The Morgan fingerprint density at radius 2 is 0.861 bits per heavy atom. The molecule has 36 heavy (non-hydrogen) atoms. The predicted octanol–water partition coefficient (Wildman–Crippen LogP) is 10.4. The zero-order valence-corrected chi connectivity index (χ0v) is 26.0. The summed E-state index contributed by atoms with van der Waals surface area (Å²) in [5.41, 5.74) is 3.95. The second-order valence-electron chi connectivity index (χ2n) is 7.55. The Bertz CT molecular complexity index is 1490. The first-order valence-electron chi connectivity index (χ1n) is 10.4. The molecule has 0 aliphatic carbocycles. The monoisotopic (exact) mass is 766 g/mol. The lowest BCUT2D eigenvalue weighted by atomic mass is 10.2. The van der Waals surface area contributed by atoms with Crippen molar-refractivity contribution in [2.45, 2.75) is 0 Å². The molecule has 10 heteroatoms.